The van der Waals surface area contributed by atoms with E-state index in [1.807, 2.05) is 0 Å². The Labute approximate surface area is 200 Å². The summed E-state index contributed by atoms with van der Waals surface area (Å²) in [5, 5.41) is 18.6. The summed E-state index contributed by atoms with van der Waals surface area (Å²) < 4.78 is 0. The Kier molecular flexibility index (Phi) is 8.54. The van der Waals surface area contributed by atoms with E-state index in [2.05, 4.69) is 16.0 Å². The predicted octanol–water partition coefficient (Wildman–Crippen LogP) is -0.506. The van der Waals surface area contributed by atoms with Crippen molar-refractivity contribution < 1.29 is 29.1 Å². The van der Waals surface area contributed by atoms with Crippen LogP contribution >= 0.6 is 0 Å². The molecule has 0 spiro atoms. The third-order valence-electron chi connectivity index (χ3n) is 7.70. The highest BCUT2D eigenvalue weighted by molar-refractivity contribution is 5.91. The number of carboxylic acids is 1. The van der Waals surface area contributed by atoms with Gasteiger partial charge in [-0.2, -0.15) is 0 Å². The minimum Gasteiger partial charge on any atom is -0.550 e. The minimum absolute atomic E-state index is 0.168. The Morgan fingerprint density at radius 1 is 0.941 bits per heavy atom. The monoisotopic (exact) mass is 477 g/mol. The highest BCUT2D eigenvalue weighted by Crippen LogP contribution is 2.60. The van der Waals surface area contributed by atoms with Crippen LogP contribution in [0.1, 0.15) is 77.6 Å². The van der Waals surface area contributed by atoms with Gasteiger partial charge in [0.05, 0.1) is 0 Å². The van der Waals surface area contributed by atoms with Gasteiger partial charge in [0.1, 0.15) is 12.1 Å². The molecule has 0 aromatic carbocycles. The Morgan fingerprint density at radius 3 is 2.06 bits per heavy atom. The van der Waals surface area contributed by atoms with E-state index in [1.165, 1.54) is 26.2 Å². The molecule has 34 heavy (non-hydrogen) atoms. The van der Waals surface area contributed by atoms with Crippen molar-refractivity contribution in [2.45, 2.75) is 89.6 Å². The summed E-state index contributed by atoms with van der Waals surface area (Å²) >= 11 is 0. The van der Waals surface area contributed by atoms with E-state index in [9.17, 15) is 29.1 Å². The van der Waals surface area contributed by atoms with Crippen LogP contribution in [-0.4, -0.2) is 48.2 Å². The van der Waals surface area contributed by atoms with Crippen molar-refractivity contribution in [3.8, 4) is 0 Å². The van der Waals surface area contributed by atoms with Gasteiger partial charge in [-0.15, -0.1) is 0 Å². The average molecular weight is 478 g/mol. The fourth-order valence-electron chi connectivity index (χ4n) is 6.41. The smallest absolute Gasteiger partial charge is 0.242 e. The maximum Gasteiger partial charge on any atom is 0.242 e. The third kappa shape index (κ3) is 6.70. The minimum atomic E-state index is -1.35. The summed E-state index contributed by atoms with van der Waals surface area (Å²) in [5.41, 5.74) is 5.02. The standard InChI is InChI=1S/C24H38N4O6/c1-14(22(33)28-18(21(25)32)5-6-20(30)31)27-19(29)4-2-3-7-26-23(34)24-11-15-8-16(12-24)10-17(9-15)13-24/h14-18H,2-13H2,1H3,(H2,25,32)(H,26,34)(H,27,29)(H,28,33)(H,30,31)/p-1/t14-,15?,16?,17?,18+,24?/m1/s1. The first kappa shape index (κ1) is 26.0. The van der Waals surface area contributed by atoms with Gasteiger partial charge in [-0.25, -0.2) is 0 Å². The molecular formula is C24H37N4O6-. The lowest BCUT2D eigenvalue weighted by Gasteiger charge is -2.55. The molecule has 0 unspecified atom stereocenters. The van der Waals surface area contributed by atoms with Gasteiger partial charge in [-0.1, -0.05) is 0 Å². The van der Waals surface area contributed by atoms with Gasteiger partial charge >= 0.3 is 0 Å². The Bertz CT molecular complexity index is 778. The molecule has 4 rings (SSSR count). The second-order valence-corrected chi connectivity index (χ2v) is 10.6. The number of hydrogen-bond donors (Lipinski definition) is 4. The van der Waals surface area contributed by atoms with Crippen molar-refractivity contribution in [3.05, 3.63) is 0 Å². The lowest BCUT2D eigenvalue weighted by Crippen LogP contribution is -2.53. The maximum absolute atomic E-state index is 12.9. The van der Waals surface area contributed by atoms with Crippen LogP contribution < -0.4 is 26.8 Å². The third-order valence-corrected chi connectivity index (χ3v) is 7.70. The molecular weight excluding hydrogens is 440 g/mol. The second kappa shape index (κ2) is 11.2. The van der Waals surface area contributed by atoms with Gasteiger partial charge in [0, 0.05) is 24.3 Å². The fraction of sp³-hybridized carbons (Fsp3) is 0.792. The van der Waals surface area contributed by atoms with Crippen molar-refractivity contribution in [1.29, 1.82) is 0 Å². The van der Waals surface area contributed by atoms with E-state index in [4.69, 9.17) is 5.73 Å². The Morgan fingerprint density at radius 2 is 1.53 bits per heavy atom. The van der Waals surface area contributed by atoms with Crippen LogP contribution in [0.2, 0.25) is 0 Å². The lowest BCUT2D eigenvalue weighted by atomic mass is 9.49. The number of carboxylic acid groups (broad SMARTS) is 1. The molecule has 190 valence electrons. The molecule has 4 saturated carbocycles. The molecule has 0 aromatic rings. The number of hydrogen-bond acceptors (Lipinski definition) is 6. The van der Waals surface area contributed by atoms with Crippen LogP contribution in [0.3, 0.4) is 0 Å². The number of carbonyl (C=O) groups is 5. The quantitative estimate of drug-likeness (QED) is 0.260. The summed E-state index contributed by atoms with van der Waals surface area (Å²) in [5.74, 6) is -0.825. The van der Waals surface area contributed by atoms with Gasteiger partial charge in [-0.05, 0) is 88.9 Å². The van der Waals surface area contributed by atoms with Crippen LogP contribution in [0, 0.1) is 23.2 Å². The number of carbonyl (C=O) groups excluding carboxylic acids is 5. The zero-order valence-corrected chi connectivity index (χ0v) is 19.9. The van der Waals surface area contributed by atoms with Gasteiger partial charge in [0.15, 0.2) is 0 Å². The van der Waals surface area contributed by atoms with Crippen molar-refractivity contribution in [3.63, 3.8) is 0 Å². The summed E-state index contributed by atoms with van der Waals surface area (Å²) in [6.45, 7) is 2.00. The molecule has 0 aliphatic heterocycles. The second-order valence-electron chi connectivity index (χ2n) is 10.6. The number of nitrogens with two attached hydrogens (primary N) is 1. The van der Waals surface area contributed by atoms with Crippen LogP contribution in [0.5, 0.6) is 0 Å². The van der Waals surface area contributed by atoms with Gasteiger partial charge in [0.25, 0.3) is 0 Å². The molecule has 4 aliphatic carbocycles. The molecule has 5 N–H and O–H groups in total. The largest absolute Gasteiger partial charge is 0.550 e. The van der Waals surface area contributed by atoms with E-state index in [1.54, 1.807) is 0 Å². The first-order valence-corrected chi connectivity index (χ1v) is 12.4. The zero-order valence-electron chi connectivity index (χ0n) is 19.9. The summed E-state index contributed by atoms with van der Waals surface area (Å²) in [6.07, 6.45) is 7.78. The zero-order chi connectivity index (χ0) is 24.9. The lowest BCUT2D eigenvalue weighted by molar-refractivity contribution is -0.305. The first-order chi connectivity index (χ1) is 16.1. The number of primary amides is 1. The normalized spacial score (nSPS) is 28.6. The van der Waals surface area contributed by atoms with E-state index >= 15 is 0 Å². The van der Waals surface area contributed by atoms with Crippen molar-refractivity contribution in [2.75, 3.05) is 6.54 Å². The molecule has 0 heterocycles. The van der Waals surface area contributed by atoms with Crippen molar-refractivity contribution in [1.82, 2.24) is 16.0 Å². The summed E-state index contributed by atoms with van der Waals surface area (Å²) in [6, 6.07) is -2.06. The molecule has 0 saturated heterocycles. The van der Waals surface area contributed by atoms with Gasteiger partial charge in [0.2, 0.25) is 23.6 Å². The number of amides is 4. The fourth-order valence-corrected chi connectivity index (χ4v) is 6.41. The van der Waals surface area contributed by atoms with E-state index in [0.29, 0.717) is 37.1 Å². The van der Waals surface area contributed by atoms with Crippen molar-refractivity contribution >= 4 is 29.6 Å². The molecule has 2 atom stereocenters. The van der Waals surface area contributed by atoms with Crippen molar-refractivity contribution in [2.24, 2.45) is 28.9 Å². The first-order valence-electron chi connectivity index (χ1n) is 12.4. The number of rotatable bonds is 13. The summed E-state index contributed by atoms with van der Waals surface area (Å²) in [4.78, 5) is 59.3. The predicted molar refractivity (Wildman–Crippen MR) is 120 cm³/mol. The number of aliphatic carboxylic acids is 1. The molecule has 4 aliphatic rings. The van der Waals surface area contributed by atoms with Crippen LogP contribution in [0.4, 0.5) is 0 Å². The SMILES string of the molecule is C[C@@H](NC(=O)CCCCNC(=O)C12CC3CC(CC(C3)C1)C2)C(=O)N[C@@H](CCC(=O)[O-])C(N)=O. The molecule has 0 radical (unpaired) electrons. The average Bonchev–Trinajstić information content (AvgIpc) is 2.74. The Balaban J connectivity index is 1.31. The number of nitrogens with one attached hydrogen (secondary N) is 3. The van der Waals surface area contributed by atoms with Crippen LogP contribution in [-0.2, 0) is 24.0 Å². The molecule has 10 heteroatoms. The van der Waals surface area contributed by atoms with E-state index in [-0.39, 0.29) is 30.1 Å². The number of unbranched alkanes of at least 4 members (excludes halogenated alkanes) is 1. The van der Waals surface area contributed by atoms with Gasteiger partial charge < -0.3 is 31.6 Å². The van der Waals surface area contributed by atoms with Gasteiger partial charge in [-0.3, -0.25) is 19.2 Å². The van der Waals surface area contributed by atoms with E-state index in [0.717, 1.165) is 19.3 Å². The highest BCUT2D eigenvalue weighted by Gasteiger charge is 2.54. The topological polar surface area (TPSA) is 171 Å². The van der Waals surface area contributed by atoms with Crippen LogP contribution in [0.25, 0.3) is 0 Å². The molecule has 10 nitrogen and oxygen atoms in total. The highest BCUT2D eigenvalue weighted by atomic mass is 16.4. The summed E-state index contributed by atoms with van der Waals surface area (Å²) in [7, 11) is 0. The molecule has 4 fully saturated rings. The Hall–Kier alpha value is -2.65. The van der Waals surface area contributed by atoms with Crippen LogP contribution in [0.15, 0.2) is 0 Å². The van der Waals surface area contributed by atoms with E-state index < -0.39 is 36.3 Å². The maximum atomic E-state index is 12.9. The molecule has 4 amide bonds. The molecule has 0 aromatic heterocycles. The molecule has 4 bridgehead atoms.